The fourth-order valence-corrected chi connectivity index (χ4v) is 11.1. The number of carbonyl (C=O) groups excluding carboxylic acids is 1. The van der Waals surface area contributed by atoms with Crippen molar-refractivity contribution in [2.45, 2.75) is 123 Å². The van der Waals surface area contributed by atoms with Gasteiger partial charge in [-0.15, -0.1) is 0 Å². The fraction of sp³-hybridized carbons (Fsp3) is 0.788. The molecule has 4 aliphatic rings. The summed E-state index contributed by atoms with van der Waals surface area (Å²) in [5.41, 5.74) is 1.69. The Kier molecular flexibility index (Phi) is 7.27. The summed E-state index contributed by atoms with van der Waals surface area (Å²) in [6.45, 7) is 18.5. The number of Topliss-reactive ketones (excluding diaryl/α,β-unsaturated/α-hetero) is 1. The fourth-order valence-electron chi connectivity index (χ4n) is 9.73. The largest absolute Gasteiger partial charge is 0.478 e. The van der Waals surface area contributed by atoms with Crippen LogP contribution < -0.4 is 0 Å². The standard InChI is InChI=1S/C33H51NO4Si/c1-20(35)26-9-10-27-29-25(21-15-22(30(36)37)19-34-18-21)17-23-16-24(38-39(7,8)31(2,3)4)11-13-32(23,5)28(29)12-14-33(26,27)6/h15,18-19,23-29H,9-14,16-17H2,1-8H3,(H,36,37)/t23?,24?,25?,26-,27+,28+,29+,32+,33-/m1/s1. The van der Waals surface area contributed by atoms with Gasteiger partial charge in [0.15, 0.2) is 8.32 Å². The van der Waals surface area contributed by atoms with E-state index in [2.05, 4.69) is 52.7 Å². The normalized spacial score (nSPS) is 40.4. The van der Waals surface area contributed by atoms with E-state index in [4.69, 9.17) is 4.43 Å². The third-order valence-electron chi connectivity index (χ3n) is 12.9. The maximum atomic E-state index is 12.8. The summed E-state index contributed by atoms with van der Waals surface area (Å²) in [6, 6.07) is 1.90. The molecule has 0 amide bonds. The predicted molar refractivity (Wildman–Crippen MR) is 157 cm³/mol. The van der Waals surface area contributed by atoms with Crippen molar-refractivity contribution in [3.8, 4) is 0 Å². The Hall–Kier alpha value is -1.53. The lowest BCUT2D eigenvalue weighted by Crippen LogP contribution is -2.57. The van der Waals surface area contributed by atoms with E-state index in [9.17, 15) is 14.7 Å². The summed E-state index contributed by atoms with van der Waals surface area (Å²) in [5, 5.41) is 9.97. The molecular weight excluding hydrogens is 502 g/mol. The average Bonchev–Trinajstić information content (AvgIpc) is 3.20. The quantitative estimate of drug-likeness (QED) is 0.373. The summed E-state index contributed by atoms with van der Waals surface area (Å²) in [6.07, 6.45) is 12.7. The number of fused-ring (bicyclic) bond motifs is 5. The van der Waals surface area contributed by atoms with Gasteiger partial charge in [-0.1, -0.05) is 34.6 Å². The van der Waals surface area contributed by atoms with E-state index in [0.717, 1.165) is 44.1 Å². The van der Waals surface area contributed by atoms with Gasteiger partial charge in [0.25, 0.3) is 0 Å². The van der Waals surface area contributed by atoms with Gasteiger partial charge >= 0.3 is 5.97 Å². The van der Waals surface area contributed by atoms with Crippen LogP contribution in [0.4, 0.5) is 0 Å². The third kappa shape index (κ3) is 4.75. The van der Waals surface area contributed by atoms with Crippen LogP contribution >= 0.6 is 0 Å². The number of aromatic nitrogens is 1. The van der Waals surface area contributed by atoms with Gasteiger partial charge in [-0.2, -0.15) is 0 Å². The zero-order valence-corrected chi connectivity index (χ0v) is 26.5. The van der Waals surface area contributed by atoms with Crippen molar-refractivity contribution in [1.82, 2.24) is 4.98 Å². The highest BCUT2D eigenvalue weighted by molar-refractivity contribution is 6.74. The topological polar surface area (TPSA) is 76.5 Å². The van der Waals surface area contributed by atoms with Gasteiger partial charge < -0.3 is 9.53 Å². The van der Waals surface area contributed by atoms with Gasteiger partial charge in [-0.05, 0) is 128 Å². The lowest BCUT2D eigenvalue weighted by atomic mass is 9.42. The SMILES string of the molecule is CC(=O)[C@H]1CC[C@H]2[C@@H]3C(c4cncc(C(=O)O)c4)CC4CC(O[Si](C)(C)C(C)(C)C)CC[C@]4(C)[C@H]3CC[C@]12C. The number of hydrogen-bond acceptors (Lipinski definition) is 4. The summed E-state index contributed by atoms with van der Waals surface area (Å²) in [7, 11) is -1.86. The molecule has 0 saturated heterocycles. The number of carbonyl (C=O) groups is 2. The second-order valence-electron chi connectivity index (χ2n) is 15.7. The minimum absolute atomic E-state index is 0.0505. The van der Waals surface area contributed by atoms with Crippen LogP contribution in [0.15, 0.2) is 18.5 Å². The molecule has 216 valence electrons. The van der Waals surface area contributed by atoms with Crippen molar-refractivity contribution in [1.29, 1.82) is 0 Å². The van der Waals surface area contributed by atoms with Gasteiger partial charge in [0.1, 0.15) is 5.78 Å². The molecule has 1 aromatic heterocycles. The van der Waals surface area contributed by atoms with E-state index >= 15 is 0 Å². The van der Waals surface area contributed by atoms with Crippen LogP contribution in [0.5, 0.6) is 0 Å². The molecular formula is C33H51NO4Si. The minimum atomic E-state index is -1.86. The Labute approximate surface area is 237 Å². The van der Waals surface area contributed by atoms with E-state index < -0.39 is 14.3 Å². The highest BCUT2D eigenvalue weighted by Gasteiger charge is 2.63. The van der Waals surface area contributed by atoms with Gasteiger partial charge in [-0.25, -0.2) is 4.79 Å². The minimum Gasteiger partial charge on any atom is -0.478 e. The first-order chi connectivity index (χ1) is 18.1. The molecule has 4 aliphatic carbocycles. The molecule has 0 spiro atoms. The van der Waals surface area contributed by atoms with Crippen LogP contribution in [0.1, 0.15) is 115 Å². The first-order valence-electron chi connectivity index (χ1n) is 15.4. The van der Waals surface area contributed by atoms with Crippen LogP contribution in [0, 0.1) is 40.4 Å². The molecule has 1 N–H and O–H groups in total. The molecule has 0 aliphatic heterocycles. The molecule has 1 heterocycles. The number of ketones is 1. The Balaban J connectivity index is 1.52. The van der Waals surface area contributed by atoms with Crippen LogP contribution in [0.3, 0.4) is 0 Å². The summed E-state index contributed by atoms with van der Waals surface area (Å²) in [4.78, 5) is 29.1. The van der Waals surface area contributed by atoms with E-state index in [0.29, 0.717) is 35.6 Å². The number of pyridine rings is 1. The monoisotopic (exact) mass is 553 g/mol. The molecule has 5 rings (SSSR count). The Morgan fingerprint density at radius 3 is 2.31 bits per heavy atom. The zero-order chi connectivity index (χ0) is 28.5. The van der Waals surface area contributed by atoms with Gasteiger partial charge in [0, 0.05) is 24.4 Å². The van der Waals surface area contributed by atoms with Crippen molar-refractivity contribution in [3.05, 3.63) is 29.6 Å². The number of aromatic carboxylic acids is 1. The van der Waals surface area contributed by atoms with E-state index in [1.54, 1.807) is 6.92 Å². The third-order valence-corrected chi connectivity index (χ3v) is 17.4. The molecule has 9 atom stereocenters. The zero-order valence-electron chi connectivity index (χ0n) is 25.5. The summed E-state index contributed by atoms with van der Waals surface area (Å²) in [5.74, 6) is 2.00. The van der Waals surface area contributed by atoms with Crippen molar-refractivity contribution >= 4 is 20.1 Å². The molecule has 4 fully saturated rings. The number of carboxylic acids is 1. The first-order valence-corrected chi connectivity index (χ1v) is 18.4. The Morgan fingerprint density at radius 2 is 1.67 bits per heavy atom. The van der Waals surface area contributed by atoms with Crippen molar-refractivity contribution in [3.63, 3.8) is 0 Å². The molecule has 0 radical (unpaired) electrons. The maximum Gasteiger partial charge on any atom is 0.337 e. The van der Waals surface area contributed by atoms with E-state index in [-0.39, 0.29) is 33.3 Å². The average molecular weight is 554 g/mol. The van der Waals surface area contributed by atoms with E-state index in [1.165, 1.54) is 19.0 Å². The number of nitrogens with zero attached hydrogens (tertiary/aromatic N) is 1. The van der Waals surface area contributed by atoms with Crippen LogP contribution in [0.25, 0.3) is 0 Å². The molecule has 39 heavy (non-hydrogen) atoms. The molecule has 4 saturated carbocycles. The number of hydrogen-bond donors (Lipinski definition) is 1. The van der Waals surface area contributed by atoms with Crippen molar-refractivity contribution < 1.29 is 19.1 Å². The maximum absolute atomic E-state index is 12.8. The number of carboxylic acid groups (broad SMARTS) is 1. The molecule has 6 heteroatoms. The summed E-state index contributed by atoms with van der Waals surface area (Å²) >= 11 is 0. The Morgan fingerprint density at radius 1 is 1.00 bits per heavy atom. The molecule has 0 aromatic carbocycles. The van der Waals surface area contributed by atoms with Crippen LogP contribution in [-0.2, 0) is 9.22 Å². The molecule has 3 unspecified atom stereocenters. The summed E-state index contributed by atoms with van der Waals surface area (Å²) < 4.78 is 7.00. The predicted octanol–water partition coefficient (Wildman–Crippen LogP) is 8.11. The number of rotatable bonds is 5. The highest BCUT2D eigenvalue weighted by atomic mass is 28.4. The van der Waals surface area contributed by atoms with E-state index in [1.807, 2.05) is 12.3 Å². The van der Waals surface area contributed by atoms with Crippen molar-refractivity contribution in [2.75, 3.05) is 0 Å². The lowest BCUT2D eigenvalue weighted by Gasteiger charge is -2.63. The first kappa shape index (κ1) is 29.0. The van der Waals surface area contributed by atoms with Gasteiger partial charge in [-0.3, -0.25) is 9.78 Å². The van der Waals surface area contributed by atoms with Crippen molar-refractivity contribution in [2.24, 2.45) is 40.4 Å². The van der Waals surface area contributed by atoms with Crippen LogP contribution in [0.2, 0.25) is 18.1 Å². The van der Waals surface area contributed by atoms with Crippen LogP contribution in [-0.4, -0.2) is 36.3 Å². The second kappa shape index (κ2) is 9.79. The molecule has 1 aromatic rings. The second-order valence-corrected chi connectivity index (χ2v) is 20.5. The molecule has 0 bridgehead atoms. The molecule has 5 nitrogen and oxygen atoms in total. The Bertz CT molecular complexity index is 1130. The highest BCUT2D eigenvalue weighted by Crippen LogP contribution is 2.70. The lowest BCUT2D eigenvalue weighted by molar-refractivity contribution is -0.143. The smallest absolute Gasteiger partial charge is 0.337 e. The van der Waals surface area contributed by atoms with Gasteiger partial charge in [0.2, 0.25) is 0 Å². The van der Waals surface area contributed by atoms with Gasteiger partial charge in [0.05, 0.1) is 5.56 Å².